The Morgan fingerprint density at radius 3 is 2.81 bits per heavy atom. The molecule has 1 amide bonds. The van der Waals surface area contributed by atoms with Crippen LogP contribution in [0.5, 0.6) is 11.6 Å². The van der Waals surface area contributed by atoms with E-state index in [1.54, 1.807) is 19.3 Å². The number of allylic oxidation sites excluding steroid dienone is 1. The van der Waals surface area contributed by atoms with Crippen molar-refractivity contribution in [3.8, 4) is 11.6 Å². The first kappa shape index (κ1) is 36.7. The zero-order chi connectivity index (χ0) is 36.6. The van der Waals surface area contributed by atoms with E-state index in [0.29, 0.717) is 42.8 Å². The maximum absolute atomic E-state index is 14.7. The van der Waals surface area contributed by atoms with E-state index in [1.807, 2.05) is 32.0 Å². The van der Waals surface area contributed by atoms with E-state index in [1.165, 1.54) is 22.9 Å². The summed E-state index contributed by atoms with van der Waals surface area (Å²) in [6.45, 7) is 6.63. The van der Waals surface area contributed by atoms with Gasteiger partial charge in [0, 0.05) is 54.7 Å². The number of carbonyl (C=O) groups is 2. The highest BCUT2D eigenvalue weighted by Gasteiger charge is 2.44. The van der Waals surface area contributed by atoms with Crippen LogP contribution >= 0.6 is 11.6 Å². The Labute approximate surface area is 312 Å². The fourth-order valence-electron chi connectivity index (χ4n) is 8.68. The molecule has 1 fully saturated rings. The number of hydrogen-bond donors (Lipinski definition) is 0. The Bertz CT molecular complexity index is 2000. The van der Waals surface area contributed by atoms with Crippen molar-refractivity contribution in [3.05, 3.63) is 82.0 Å². The highest BCUT2D eigenvalue weighted by molar-refractivity contribution is 7.94. The van der Waals surface area contributed by atoms with Gasteiger partial charge in [0.2, 0.25) is 5.88 Å². The van der Waals surface area contributed by atoms with Crippen molar-refractivity contribution < 1.29 is 28.0 Å². The summed E-state index contributed by atoms with van der Waals surface area (Å²) in [4.78, 5) is 30.1. The van der Waals surface area contributed by atoms with Crippen LogP contribution in [0.4, 0.5) is 5.69 Å². The van der Waals surface area contributed by atoms with Crippen LogP contribution in [0.2, 0.25) is 5.02 Å². The molecule has 7 rings (SSSR count). The summed E-state index contributed by atoms with van der Waals surface area (Å²) in [5.41, 5.74) is 3.64. The molecule has 1 aromatic heterocycles. The number of Topliss-reactive ketones (excluding diaryl/α,β-unsaturated/α-hetero) is 1. The number of ketones is 1. The quantitative estimate of drug-likeness (QED) is 0.194. The molecule has 2 aliphatic heterocycles. The van der Waals surface area contributed by atoms with E-state index in [9.17, 15) is 13.8 Å². The summed E-state index contributed by atoms with van der Waals surface area (Å²) < 4.78 is 38.9. The van der Waals surface area contributed by atoms with E-state index in [-0.39, 0.29) is 34.6 Å². The normalized spacial score (nSPS) is 29.5. The van der Waals surface area contributed by atoms with Crippen molar-refractivity contribution >= 4 is 38.7 Å². The van der Waals surface area contributed by atoms with Crippen LogP contribution in [0, 0.1) is 17.8 Å². The van der Waals surface area contributed by atoms with E-state index < -0.39 is 27.2 Å². The summed E-state index contributed by atoms with van der Waals surface area (Å²) in [5, 5.41) is 4.94. The molecule has 0 radical (unpaired) electrons. The molecule has 12 heteroatoms. The second kappa shape index (κ2) is 15.0. The Morgan fingerprint density at radius 1 is 1.19 bits per heavy atom. The Balaban J connectivity index is 1.31. The van der Waals surface area contributed by atoms with Gasteiger partial charge >= 0.3 is 0 Å². The van der Waals surface area contributed by atoms with Crippen molar-refractivity contribution in [1.82, 2.24) is 9.78 Å². The summed E-state index contributed by atoms with van der Waals surface area (Å²) in [5.74, 6) is 0.0890. The minimum Gasteiger partial charge on any atom is -0.490 e. The van der Waals surface area contributed by atoms with Crippen LogP contribution in [0.25, 0.3) is 0 Å². The van der Waals surface area contributed by atoms with Gasteiger partial charge < -0.3 is 19.1 Å². The van der Waals surface area contributed by atoms with Gasteiger partial charge in [0.15, 0.2) is 5.78 Å². The number of halogens is 1. The molecule has 0 unspecified atom stereocenters. The zero-order valence-electron chi connectivity index (χ0n) is 30.5. The highest BCUT2D eigenvalue weighted by Crippen LogP contribution is 2.47. The third-order valence-electron chi connectivity index (χ3n) is 11.3. The van der Waals surface area contributed by atoms with Gasteiger partial charge in [-0.15, -0.1) is 5.10 Å². The van der Waals surface area contributed by atoms with Crippen LogP contribution in [0.3, 0.4) is 0 Å². The number of aryl methyl sites for hydroxylation is 2. The Kier molecular flexibility index (Phi) is 10.6. The number of fused-ring (bicyclic) bond motifs is 4. The van der Waals surface area contributed by atoms with Gasteiger partial charge in [0.05, 0.1) is 41.0 Å². The molecule has 52 heavy (non-hydrogen) atoms. The average Bonchev–Trinajstić information content (AvgIpc) is 3.41. The van der Waals surface area contributed by atoms with Gasteiger partial charge in [-0.3, -0.25) is 14.3 Å². The third-order valence-corrected chi connectivity index (χ3v) is 13.8. The smallest absolute Gasteiger partial charge is 0.285 e. The molecule has 2 aromatic carbocycles. The van der Waals surface area contributed by atoms with Gasteiger partial charge in [-0.2, -0.15) is 4.36 Å². The molecule has 6 atom stereocenters. The van der Waals surface area contributed by atoms with Crippen molar-refractivity contribution in [3.63, 3.8) is 0 Å². The zero-order valence-corrected chi connectivity index (χ0v) is 32.1. The maximum Gasteiger partial charge on any atom is 0.285 e. The summed E-state index contributed by atoms with van der Waals surface area (Å²) in [7, 11) is -0.228. The number of ether oxygens (including phenoxy) is 3. The number of rotatable bonds is 6. The number of methoxy groups -OCH3 is 1. The van der Waals surface area contributed by atoms with E-state index in [2.05, 4.69) is 38.6 Å². The number of carbonyl (C=O) groups excluding carboxylic acids is 2. The molecular formula is C40H49ClN4O6S. The average molecular weight is 749 g/mol. The fourth-order valence-corrected chi connectivity index (χ4v) is 11.1. The largest absolute Gasteiger partial charge is 0.490 e. The number of aromatic nitrogens is 2. The molecular weight excluding hydrogens is 700 g/mol. The van der Waals surface area contributed by atoms with Crippen molar-refractivity contribution in [2.45, 2.75) is 63.9 Å². The first-order chi connectivity index (χ1) is 25.0. The van der Waals surface area contributed by atoms with Crippen LogP contribution in [-0.2, 0) is 33.3 Å². The predicted molar refractivity (Wildman–Crippen MR) is 203 cm³/mol. The highest BCUT2D eigenvalue weighted by atomic mass is 35.5. The van der Waals surface area contributed by atoms with Gasteiger partial charge in [-0.05, 0) is 105 Å². The molecule has 278 valence electrons. The second-order valence-corrected chi connectivity index (χ2v) is 17.9. The monoisotopic (exact) mass is 748 g/mol. The maximum atomic E-state index is 14.7. The minimum atomic E-state index is -3.35. The second-order valence-electron chi connectivity index (χ2n) is 15.1. The van der Waals surface area contributed by atoms with Crippen molar-refractivity contribution in [1.29, 1.82) is 0 Å². The van der Waals surface area contributed by atoms with E-state index in [4.69, 9.17) is 25.8 Å². The number of amides is 1. The van der Waals surface area contributed by atoms with Crippen LogP contribution < -0.4 is 14.4 Å². The van der Waals surface area contributed by atoms with Crippen molar-refractivity contribution in [2.24, 2.45) is 29.2 Å². The third kappa shape index (κ3) is 7.41. The number of benzene rings is 2. The molecule has 2 aliphatic carbocycles. The van der Waals surface area contributed by atoms with E-state index in [0.717, 1.165) is 55.9 Å². The van der Waals surface area contributed by atoms with Crippen LogP contribution in [-0.4, -0.2) is 76.7 Å². The molecule has 3 heterocycles. The van der Waals surface area contributed by atoms with Gasteiger partial charge in [0.1, 0.15) is 11.3 Å². The van der Waals surface area contributed by atoms with Crippen molar-refractivity contribution in [2.75, 3.05) is 49.8 Å². The number of hydrogen-bond acceptors (Lipinski definition) is 8. The first-order valence-corrected chi connectivity index (χ1v) is 20.7. The predicted octanol–water partition coefficient (Wildman–Crippen LogP) is 7.07. The topological polar surface area (TPSA) is 112 Å². The first-order valence-electron chi connectivity index (χ1n) is 18.5. The molecule has 2 bridgehead atoms. The summed E-state index contributed by atoms with van der Waals surface area (Å²) in [6, 6.07) is 11.6. The number of anilines is 1. The SMILES string of the molecule is CCO[C@H]1/C=C/C[C@H](C)C[S@@](=O)(CC(=O)c2cn(C)nc2OC)=NC(=O)c2ccc3c(c2)N(C[C@@H]2CC[C@H]21)C[C@@]1(CCCc2cc(Cl)ccc21)CO3. The van der Waals surface area contributed by atoms with Gasteiger partial charge in [-0.1, -0.05) is 36.7 Å². The molecule has 4 aliphatic rings. The van der Waals surface area contributed by atoms with Gasteiger partial charge in [0.25, 0.3) is 5.91 Å². The molecule has 1 saturated carbocycles. The molecule has 0 N–H and O–H groups in total. The number of nitrogens with zero attached hydrogens (tertiary/aromatic N) is 4. The molecule has 10 nitrogen and oxygen atoms in total. The standard InChI is InChI=1S/C40H49ClN4O6S/c1-5-50-36-10-6-8-26(2)22-52(48,23-35(46)32-21-44(3)42-39(32)49-4)43-38(47)28-12-16-37-34(19-28)45(20-29-11-14-31(29)36)24-40(25-51-37)17-7-9-27-18-30(41)13-15-33(27)40/h6,10,12-13,15-16,18-19,21,26,29,31,36H,5,7-9,11,14,17,20,22-25H2,1-4H3/b10-6+/t26-,29-,31+,36-,40-,52+/m0/s1. The lowest BCUT2D eigenvalue weighted by Gasteiger charge is -2.46. The Morgan fingerprint density at radius 2 is 2.04 bits per heavy atom. The lowest BCUT2D eigenvalue weighted by atomic mass is 9.68. The lowest BCUT2D eigenvalue weighted by molar-refractivity contribution is -0.00864. The molecule has 3 aromatic rings. The minimum absolute atomic E-state index is 0.0420. The van der Waals surface area contributed by atoms with Crippen LogP contribution in [0.1, 0.15) is 77.8 Å². The van der Waals surface area contributed by atoms with E-state index >= 15 is 0 Å². The van der Waals surface area contributed by atoms with Crippen LogP contribution in [0.15, 0.2) is 59.1 Å². The lowest BCUT2D eigenvalue weighted by Crippen LogP contribution is -2.49. The molecule has 1 spiro atoms. The van der Waals surface area contributed by atoms with Gasteiger partial charge in [-0.25, -0.2) is 4.21 Å². The fraction of sp³-hybridized carbons (Fsp3) is 0.525. The molecule has 0 saturated heterocycles. The summed E-state index contributed by atoms with van der Waals surface area (Å²) in [6.07, 6.45) is 11.5. The summed E-state index contributed by atoms with van der Waals surface area (Å²) >= 11 is 6.47. The Hall–Kier alpha value is -3.67.